The predicted molar refractivity (Wildman–Crippen MR) is 83.5 cm³/mol. The van der Waals surface area contributed by atoms with Crippen molar-refractivity contribution in [2.45, 2.75) is 38.8 Å². The summed E-state index contributed by atoms with van der Waals surface area (Å²) < 4.78 is 7.90. The molecule has 1 N–H and O–H groups in total. The molecule has 0 saturated heterocycles. The molecule has 1 aliphatic heterocycles. The molecule has 4 heteroatoms. The average Bonchev–Trinajstić information content (AvgIpc) is 2.91. The number of aryl methyl sites for hydroxylation is 2. The summed E-state index contributed by atoms with van der Waals surface area (Å²) in [5.74, 6) is 1.08. The molecule has 0 spiro atoms. The van der Waals surface area contributed by atoms with Gasteiger partial charge in [0.2, 0.25) is 0 Å². The van der Waals surface area contributed by atoms with Crippen LogP contribution in [-0.2, 0) is 6.54 Å². The van der Waals surface area contributed by atoms with E-state index in [4.69, 9.17) is 4.74 Å². The SMILES string of the molecule is Cc1cccc2c1OCCCC2NCCCn1cccn1. The Morgan fingerprint density at radius 2 is 2.33 bits per heavy atom. The summed E-state index contributed by atoms with van der Waals surface area (Å²) in [6, 6.07) is 8.81. The van der Waals surface area contributed by atoms with E-state index in [1.165, 1.54) is 11.1 Å². The van der Waals surface area contributed by atoms with Gasteiger partial charge < -0.3 is 10.1 Å². The number of nitrogens with zero attached hydrogens (tertiary/aromatic N) is 2. The van der Waals surface area contributed by atoms with Crippen LogP contribution in [0.15, 0.2) is 36.7 Å². The number of hydrogen-bond acceptors (Lipinski definition) is 3. The second-order valence-electron chi connectivity index (χ2n) is 5.61. The zero-order valence-corrected chi connectivity index (χ0v) is 12.6. The van der Waals surface area contributed by atoms with Crippen LogP contribution >= 0.6 is 0 Å². The van der Waals surface area contributed by atoms with Crippen LogP contribution in [0.5, 0.6) is 5.75 Å². The maximum absolute atomic E-state index is 5.92. The molecule has 1 aromatic carbocycles. The third-order valence-corrected chi connectivity index (χ3v) is 4.02. The molecule has 3 rings (SSSR count). The number of hydrogen-bond donors (Lipinski definition) is 1. The summed E-state index contributed by atoms with van der Waals surface area (Å²) in [6.45, 7) is 4.91. The first-order valence-corrected chi connectivity index (χ1v) is 7.78. The van der Waals surface area contributed by atoms with Crippen LogP contribution < -0.4 is 10.1 Å². The number of aromatic nitrogens is 2. The lowest BCUT2D eigenvalue weighted by Crippen LogP contribution is -2.23. The first-order chi connectivity index (χ1) is 10.3. The predicted octanol–water partition coefficient (Wildman–Crippen LogP) is 3.09. The fraction of sp³-hybridized carbons (Fsp3) is 0.471. The Morgan fingerprint density at radius 3 is 3.19 bits per heavy atom. The molecule has 0 saturated carbocycles. The molecule has 2 heterocycles. The Balaban J connectivity index is 1.59. The van der Waals surface area contributed by atoms with E-state index in [-0.39, 0.29) is 0 Å². The van der Waals surface area contributed by atoms with Gasteiger partial charge in [0.05, 0.1) is 6.61 Å². The molecule has 2 aromatic rings. The first-order valence-electron chi connectivity index (χ1n) is 7.78. The van der Waals surface area contributed by atoms with E-state index in [2.05, 4.69) is 35.5 Å². The van der Waals surface area contributed by atoms with Gasteiger partial charge in [0.1, 0.15) is 5.75 Å². The summed E-state index contributed by atoms with van der Waals surface area (Å²) in [4.78, 5) is 0. The maximum Gasteiger partial charge on any atom is 0.126 e. The average molecular weight is 285 g/mol. The maximum atomic E-state index is 5.92. The van der Waals surface area contributed by atoms with Crippen molar-refractivity contribution in [1.82, 2.24) is 15.1 Å². The van der Waals surface area contributed by atoms with Crippen LogP contribution in [0, 0.1) is 6.92 Å². The molecule has 0 fully saturated rings. The molecule has 0 aliphatic carbocycles. The number of para-hydroxylation sites is 1. The van der Waals surface area contributed by atoms with Crippen LogP contribution in [-0.4, -0.2) is 22.9 Å². The molecule has 4 nitrogen and oxygen atoms in total. The van der Waals surface area contributed by atoms with Gasteiger partial charge in [-0.2, -0.15) is 5.10 Å². The second kappa shape index (κ2) is 6.76. The molecule has 112 valence electrons. The zero-order chi connectivity index (χ0) is 14.5. The minimum Gasteiger partial charge on any atom is -0.493 e. The van der Waals surface area contributed by atoms with Crippen molar-refractivity contribution < 1.29 is 4.74 Å². The number of fused-ring (bicyclic) bond motifs is 1. The Morgan fingerprint density at radius 1 is 1.38 bits per heavy atom. The fourth-order valence-corrected chi connectivity index (χ4v) is 2.93. The number of ether oxygens (including phenoxy) is 1. The van der Waals surface area contributed by atoms with E-state index in [9.17, 15) is 0 Å². The molecule has 0 bridgehead atoms. The van der Waals surface area contributed by atoms with E-state index >= 15 is 0 Å². The third kappa shape index (κ3) is 3.45. The van der Waals surface area contributed by atoms with Gasteiger partial charge in [0.15, 0.2) is 0 Å². The molecule has 0 radical (unpaired) electrons. The highest BCUT2D eigenvalue weighted by Gasteiger charge is 2.20. The molecule has 1 aliphatic rings. The van der Waals surface area contributed by atoms with Gasteiger partial charge in [-0.05, 0) is 44.4 Å². The van der Waals surface area contributed by atoms with Crippen LogP contribution in [0.1, 0.15) is 36.4 Å². The van der Waals surface area contributed by atoms with Crippen molar-refractivity contribution >= 4 is 0 Å². The van der Waals surface area contributed by atoms with Crippen LogP contribution in [0.4, 0.5) is 0 Å². The number of benzene rings is 1. The van der Waals surface area contributed by atoms with Crippen molar-refractivity contribution in [2.75, 3.05) is 13.2 Å². The summed E-state index contributed by atoms with van der Waals surface area (Å²) in [5.41, 5.74) is 2.55. The topological polar surface area (TPSA) is 39.1 Å². The highest BCUT2D eigenvalue weighted by Crippen LogP contribution is 2.33. The van der Waals surface area contributed by atoms with Crippen molar-refractivity contribution in [3.05, 3.63) is 47.8 Å². The van der Waals surface area contributed by atoms with E-state index in [0.717, 1.165) is 44.7 Å². The summed E-state index contributed by atoms with van der Waals surface area (Å²) >= 11 is 0. The Bertz CT molecular complexity index is 565. The Kier molecular flexibility index (Phi) is 4.55. The Hall–Kier alpha value is -1.81. The van der Waals surface area contributed by atoms with Gasteiger partial charge in [-0.3, -0.25) is 4.68 Å². The van der Waals surface area contributed by atoms with Crippen molar-refractivity contribution in [1.29, 1.82) is 0 Å². The summed E-state index contributed by atoms with van der Waals surface area (Å²) in [6.07, 6.45) is 7.16. The number of nitrogens with one attached hydrogen (secondary N) is 1. The van der Waals surface area contributed by atoms with Crippen LogP contribution in [0.25, 0.3) is 0 Å². The van der Waals surface area contributed by atoms with Gasteiger partial charge >= 0.3 is 0 Å². The smallest absolute Gasteiger partial charge is 0.126 e. The highest BCUT2D eigenvalue weighted by molar-refractivity contribution is 5.43. The molecular formula is C17H23N3O. The standard InChI is InChI=1S/C17H23N3O/c1-14-6-2-7-15-16(8-3-13-21-17(14)15)18-9-4-11-20-12-5-10-19-20/h2,5-7,10,12,16,18H,3-4,8-9,11,13H2,1H3. The monoisotopic (exact) mass is 285 g/mol. The molecule has 0 amide bonds. The zero-order valence-electron chi connectivity index (χ0n) is 12.6. The highest BCUT2D eigenvalue weighted by atomic mass is 16.5. The number of rotatable bonds is 5. The summed E-state index contributed by atoms with van der Waals surface area (Å²) in [7, 11) is 0. The van der Waals surface area contributed by atoms with Gasteiger partial charge in [-0.1, -0.05) is 18.2 Å². The lowest BCUT2D eigenvalue weighted by atomic mass is 10.00. The Labute approximate surface area is 126 Å². The largest absolute Gasteiger partial charge is 0.493 e. The minimum absolute atomic E-state index is 0.403. The second-order valence-corrected chi connectivity index (χ2v) is 5.61. The van der Waals surface area contributed by atoms with Crippen molar-refractivity contribution in [3.8, 4) is 5.75 Å². The molecule has 1 atom stereocenters. The van der Waals surface area contributed by atoms with Gasteiger partial charge in [-0.15, -0.1) is 0 Å². The van der Waals surface area contributed by atoms with E-state index in [1.807, 2.05) is 23.1 Å². The molecule has 21 heavy (non-hydrogen) atoms. The van der Waals surface area contributed by atoms with Gasteiger partial charge in [0.25, 0.3) is 0 Å². The minimum atomic E-state index is 0.403. The lowest BCUT2D eigenvalue weighted by molar-refractivity contribution is 0.313. The third-order valence-electron chi connectivity index (χ3n) is 4.02. The summed E-state index contributed by atoms with van der Waals surface area (Å²) in [5, 5.41) is 7.92. The molecule has 1 aromatic heterocycles. The van der Waals surface area contributed by atoms with Gasteiger partial charge in [-0.25, -0.2) is 0 Å². The fourth-order valence-electron chi connectivity index (χ4n) is 2.93. The van der Waals surface area contributed by atoms with Crippen molar-refractivity contribution in [2.24, 2.45) is 0 Å². The van der Waals surface area contributed by atoms with Crippen molar-refractivity contribution in [3.63, 3.8) is 0 Å². The lowest BCUT2D eigenvalue weighted by Gasteiger charge is -2.19. The van der Waals surface area contributed by atoms with E-state index in [0.29, 0.717) is 6.04 Å². The van der Waals surface area contributed by atoms with E-state index in [1.54, 1.807) is 0 Å². The normalized spacial score (nSPS) is 17.9. The first kappa shape index (κ1) is 14.1. The molecular weight excluding hydrogens is 262 g/mol. The van der Waals surface area contributed by atoms with E-state index < -0.39 is 0 Å². The van der Waals surface area contributed by atoms with Crippen LogP contribution in [0.2, 0.25) is 0 Å². The van der Waals surface area contributed by atoms with Crippen LogP contribution in [0.3, 0.4) is 0 Å². The molecule has 1 unspecified atom stereocenters. The van der Waals surface area contributed by atoms with Gasteiger partial charge in [0, 0.05) is 30.5 Å². The quantitative estimate of drug-likeness (QED) is 0.858.